The van der Waals surface area contributed by atoms with Gasteiger partial charge in [0.1, 0.15) is 0 Å². The molecule has 8 heavy (non-hydrogen) atoms. The summed E-state index contributed by atoms with van der Waals surface area (Å²) >= 11 is 0. The lowest BCUT2D eigenvalue weighted by atomic mass is 9.85. The van der Waals surface area contributed by atoms with Crippen LogP contribution < -0.4 is 5.84 Å². The molecule has 0 radical (unpaired) electrons. The topological polar surface area (TPSA) is 29.3 Å². The van der Waals surface area contributed by atoms with Crippen molar-refractivity contribution < 1.29 is 0 Å². The van der Waals surface area contributed by atoms with Gasteiger partial charge in [-0.3, -0.25) is 5.84 Å². The summed E-state index contributed by atoms with van der Waals surface area (Å²) in [5.74, 6) is 6.34. The third-order valence-corrected chi connectivity index (χ3v) is 1.77. The SMILES string of the molecule is CN(N)CC1CCC1. The van der Waals surface area contributed by atoms with Gasteiger partial charge in [-0.2, -0.15) is 0 Å². The first kappa shape index (κ1) is 6.05. The highest BCUT2D eigenvalue weighted by molar-refractivity contribution is 4.70. The number of hydrogen-bond donors (Lipinski definition) is 1. The Morgan fingerprint density at radius 2 is 2.25 bits per heavy atom. The second-order valence-corrected chi connectivity index (χ2v) is 2.74. The van der Waals surface area contributed by atoms with Crippen molar-refractivity contribution in [3.05, 3.63) is 0 Å². The van der Waals surface area contributed by atoms with E-state index in [9.17, 15) is 0 Å². The molecule has 0 bridgehead atoms. The summed E-state index contributed by atoms with van der Waals surface area (Å²) in [7, 11) is 1.93. The molecule has 0 aromatic carbocycles. The van der Waals surface area contributed by atoms with Crippen molar-refractivity contribution in [2.75, 3.05) is 13.6 Å². The Morgan fingerprint density at radius 3 is 2.38 bits per heavy atom. The molecule has 0 unspecified atom stereocenters. The maximum atomic E-state index is 5.44. The zero-order valence-corrected chi connectivity index (χ0v) is 5.43. The van der Waals surface area contributed by atoms with Crippen LogP contribution in [0, 0.1) is 5.92 Å². The molecule has 0 aromatic heterocycles. The third-order valence-electron chi connectivity index (χ3n) is 1.77. The van der Waals surface area contributed by atoms with Crippen molar-refractivity contribution >= 4 is 0 Å². The molecule has 0 spiro atoms. The molecule has 1 aliphatic carbocycles. The molecule has 1 fully saturated rings. The maximum Gasteiger partial charge on any atom is 0.0153 e. The van der Waals surface area contributed by atoms with Crippen LogP contribution in [0.15, 0.2) is 0 Å². The summed E-state index contributed by atoms with van der Waals surface area (Å²) in [6.45, 7) is 1.08. The van der Waals surface area contributed by atoms with Gasteiger partial charge in [-0.15, -0.1) is 0 Å². The summed E-state index contributed by atoms with van der Waals surface area (Å²) in [5, 5.41) is 1.78. The van der Waals surface area contributed by atoms with Crippen LogP contribution in [0.25, 0.3) is 0 Å². The fourth-order valence-electron chi connectivity index (χ4n) is 1.08. The standard InChI is InChI=1S/C6H14N2/c1-8(7)5-6-3-2-4-6/h6H,2-5,7H2,1H3. The van der Waals surface area contributed by atoms with Gasteiger partial charge in [0.2, 0.25) is 0 Å². The number of nitrogens with zero attached hydrogens (tertiary/aromatic N) is 1. The van der Waals surface area contributed by atoms with Gasteiger partial charge in [-0.1, -0.05) is 6.42 Å². The van der Waals surface area contributed by atoms with Gasteiger partial charge in [0.25, 0.3) is 0 Å². The second-order valence-electron chi connectivity index (χ2n) is 2.74. The van der Waals surface area contributed by atoms with Crippen molar-refractivity contribution in [3.8, 4) is 0 Å². The van der Waals surface area contributed by atoms with Crippen LogP contribution in [0.5, 0.6) is 0 Å². The van der Waals surface area contributed by atoms with Crippen molar-refractivity contribution in [1.82, 2.24) is 5.01 Å². The van der Waals surface area contributed by atoms with E-state index in [0.29, 0.717) is 0 Å². The molecule has 0 atom stereocenters. The number of nitrogens with two attached hydrogens (primary N) is 1. The van der Waals surface area contributed by atoms with E-state index in [4.69, 9.17) is 5.84 Å². The summed E-state index contributed by atoms with van der Waals surface area (Å²) in [5.41, 5.74) is 0. The van der Waals surface area contributed by atoms with E-state index in [1.165, 1.54) is 19.3 Å². The third kappa shape index (κ3) is 1.46. The van der Waals surface area contributed by atoms with Crippen LogP contribution in [-0.2, 0) is 0 Å². The van der Waals surface area contributed by atoms with E-state index in [-0.39, 0.29) is 0 Å². The van der Waals surface area contributed by atoms with Crippen molar-refractivity contribution in [3.63, 3.8) is 0 Å². The van der Waals surface area contributed by atoms with E-state index >= 15 is 0 Å². The molecule has 0 aliphatic heterocycles. The van der Waals surface area contributed by atoms with Gasteiger partial charge in [0.15, 0.2) is 0 Å². The predicted molar refractivity (Wildman–Crippen MR) is 34.2 cm³/mol. The summed E-state index contributed by atoms with van der Waals surface area (Å²) in [6.07, 6.45) is 4.20. The molecule has 0 aromatic rings. The average molecular weight is 114 g/mol. The molecule has 1 saturated carbocycles. The lowest BCUT2D eigenvalue weighted by Crippen LogP contribution is -2.34. The molecular formula is C6H14N2. The zero-order chi connectivity index (χ0) is 5.98. The van der Waals surface area contributed by atoms with Gasteiger partial charge in [0.05, 0.1) is 0 Å². The Morgan fingerprint density at radius 1 is 1.62 bits per heavy atom. The fraction of sp³-hybridized carbons (Fsp3) is 1.00. The summed E-state index contributed by atoms with van der Waals surface area (Å²) in [4.78, 5) is 0. The van der Waals surface area contributed by atoms with Gasteiger partial charge < -0.3 is 0 Å². The largest absolute Gasteiger partial charge is 0.269 e. The number of hydrogen-bond acceptors (Lipinski definition) is 2. The lowest BCUT2D eigenvalue weighted by molar-refractivity contribution is 0.208. The average Bonchev–Trinajstić information content (AvgIpc) is 1.55. The van der Waals surface area contributed by atoms with Crippen LogP contribution in [0.2, 0.25) is 0 Å². The van der Waals surface area contributed by atoms with E-state index in [2.05, 4.69) is 0 Å². The summed E-state index contributed by atoms with van der Waals surface area (Å²) < 4.78 is 0. The molecule has 48 valence electrons. The van der Waals surface area contributed by atoms with Crippen LogP contribution in [0.3, 0.4) is 0 Å². The first-order chi connectivity index (χ1) is 3.79. The van der Waals surface area contributed by atoms with Gasteiger partial charge in [0, 0.05) is 13.6 Å². The Balaban J connectivity index is 2.01. The van der Waals surface area contributed by atoms with Crippen LogP contribution in [0.4, 0.5) is 0 Å². The minimum Gasteiger partial charge on any atom is -0.269 e. The zero-order valence-electron chi connectivity index (χ0n) is 5.43. The van der Waals surface area contributed by atoms with Gasteiger partial charge in [-0.05, 0) is 18.8 Å². The Kier molecular flexibility index (Phi) is 1.86. The molecule has 2 N–H and O–H groups in total. The van der Waals surface area contributed by atoms with Crippen LogP contribution >= 0.6 is 0 Å². The minimum atomic E-state index is 0.907. The van der Waals surface area contributed by atoms with Crippen molar-refractivity contribution in [2.45, 2.75) is 19.3 Å². The number of rotatable bonds is 2. The van der Waals surface area contributed by atoms with E-state index < -0.39 is 0 Å². The van der Waals surface area contributed by atoms with E-state index in [0.717, 1.165) is 12.5 Å². The molecular weight excluding hydrogens is 100 g/mol. The maximum absolute atomic E-state index is 5.44. The van der Waals surface area contributed by atoms with E-state index in [1.807, 2.05) is 7.05 Å². The molecule has 2 nitrogen and oxygen atoms in total. The molecule has 0 saturated heterocycles. The first-order valence-electron chi connectivity index (χ1n) is 3.25. The molecule has 0 heterocycles. The van der Waals surface area contributed by atoms with Crippen LogP contribution in [-0.4, -0.2) is 18.6 Å². The quantitative estimate of drug-likeness (QED) is 0.420. The fourth-order valence-corrected chi connectivity index (χ4v) is 1.08. The van der Waals surface area contributed by atoms with Crippen molar-refractivity contribution in [2.24, 2.45) is 11.8 Å². The summed E-state index contributed by atoms with van der Waals surface area (Å²) in [6, 6.07) is 0. The lowest BCUT2D eigenvalue weighted by Gasteiger charge is -2.27. The smallest absolute Gasteiger partial charge is 0.0153 e. The van der Waals surface area contributed by atoms with Crippen molar-refractivity contribution in [1.29, 1.82) is 0 Å². The molecule has 1 rings (SSSR count). The molecule has 0 amide bonds. The minimum absolute atomic E-state index is 0.907. The van der Waals surface area contributed by atoms with Gasteiger partial charge >= 0.3 is 0 Å². The highest BCUT2D eigenvalue weighted by atomic mass is 15.4. The highest BCUT2D eigenvalue weighted by Crippen LogP contribution is 2.25. The van der Waals surface area contributed by atoms with E-state index in [1.54, 1.807) is 5.01 Å². The van der Waals surface area contributed by atoms with Gasteiger partial charge in [-0.25, -0.2) is 5.01 Å². The highest BCUT2D eigenvalue weighted by Gasteiger charge is 2.17. The monoisotopic (exact) mass is 114 g/mol. The first-order valence-corrected chi connectivity index (χ1v) is 3.25. The normalized spacial score (nSPS) is 21.4. The predicted octanol–water partition coefficient (Wildman–Crippen LogP) is 0.592. The molecule has 2 heteroatoms. The Hall–Kier alpha value is -0.0800. The van der Waals surface area contributed by atoms with Crippen LogP contribution in [0.1, 0.15) is 19.3 Å². The Labute approximate surface area is 50.6 Å². The Bertz CT molecular complexity index is 66.9. The molecule has 1 aliphatic rings. The second kappa shape index (κ2) is 2.46. The number of hydrazine groups is 1.